The summed E-state index contributed by atoms with van der Waals surface area (Å²) in [6.45, 7) is 0.497. The van der Waals surface area contributed by atoms with E-state index < -0.39 is 10.1 Å². The normalized spacial score (nSPS) is 20.7. The predicted octanol–water partition coefficient (Wildman–Crippen LogP) is 1.52. The lowest BCUT2D eigenvalue weighted by molar-refractivity contribution is 0.299. The van der Waals surface area contributed by atoms with Crippen LogP contribution in [-0.2, 0) is 16.5 Å². The Hall–Kier alpha value is -1.07. The summed E-state index contributed by atoms with van der Waals surface area (Å²) in [5.74, 6) is 0.559. The van der Waals surface area contributed by atoms with Crippen LogP contribution in [0.15, 0.2) is 24.3 Å². The van der Waals surface area contributed by atoms with Gasteiger partial charge in [0.2, 0.25) is 0 Å². The van der Waals surface area contributed by atoms with E-state index in [1.165, 1.54) is 0 Å². The second-order valence-electron chi connectivity index (χ2n) is 4.06. The number of hydrogen-bond acceptors (Lipinski definition) is 3. The van der Waals surface area contributed by atoms with E-state index in [-0.39, 0.29) is 11.7 Å². The zero-order valence-corrected chi connectivity index (χ0v) is 9.61. The van der Waals surface area contributed by atoms with Crippen LogP contribution in [0.25, 0.3) is 0 Å². The largest absolute Gasteiger partial charge is 0.493 e. The minimum Gasteiger partial charge on any atom is -0.493 e. The van der Waals surface area contributed by atoms with Gasteiger partial charge in [0.25, 0.3) is 10.1 Å². The van der Waals surface area contributed by atoms with Gasteiger partial charge >= 0.3 is 0 Å². The summed E-state index contributed by atoms with van der Waals surface area (Å²) >= 11 is 0. The van der Waals surface area contributed by atoms with E-state index in [1.807, 2.05) is 24.3 Å². The van der Waals surface area contributed by atoms with Crippen molar-refractivity contribution < 1.29 is 17.7 Å². The molecule has 0 amide bonds. The monoisotopic (exact) mass is 242 g/mol. The molecule has 0 saturated heterocycles. The van der Waals surface area contributed by atoms with Crippen LogP contribution in [0.1, 0.15) is 12.0 Å². The van der Waals surface area contributed by atoms with E-state index in [0.29, 0.717) is 19.4 Å². The number of rotatable bonds is 2. The van der Waals surface area contributed by atoms with Gasteiger partial charge in [0.05, 0.1) is 12.4 Å². The Balaban J connectivity index is 2.17. The maximum atomic E-state index is 10.8. The number of ether oxygens (including phenoxy) is 1. The molecule has 1 aliphatic rings. The van der Waals surface area contributed by atoms with Crippen molar-refractivity contribution in [2.24, 2.45) is 5.92 Å². The fraction of sp³-hybridized carbons (Fsp3) is 0.455. The molecule has 5 heteroatoms. The van der Waals surface area contributed by atoms with Gasteiger partial charge in [-0.1, -0.05) is 18.2 Å². The molecule has 0 fully saturated rings. The Kier molecular flexibility index (Phi) is 3.16. The van der Waals surface area contributed by atoms with Crippen LogP contribution in [-0.4, -0.2) is 25.3 Å². The maximum absolute atomic E-state index is 10.8. The highest BCUT2D eigenvalue weighted by Gasteiger charge is 2.21. The van der Waals surface area contributed by atoms with E-state index in [4.69, 9.17) is 9.29 Å². The van der Waals surface area contributed by atoms with Gasteiger partial charge in [-0.25, -0.2) is 0 Å². The third-order valence-corrected chi connectivity index (χ3v) is 3.60. The first-order valence-electron chi connectivity index (χ1n) is 5.20. The lowest BCUT2D eigenvalue weighted by Crippen LogP contribution is -2.18. The van der Waals surface area contributed by atoms with Gasteiger partial charge in [0, 0.05) is 0 Å². The average molecular weight is 242 g/mol. The summed E-state index contributed by atoms with van der Waals surface area (Å²) in [6.07, 6.45) is 1.28. The number of para-hydroxylation sites is 1. The molecule has 4 nitrogen and oxygen atoms in total. The highest BCUT2D eigenvalue weighted by molar-refractivity contribution is 7.85. The summed E-state index contributed by atoms with van der Waals surface area (Å²) < 4.78 is 36.0. The molecule has 0 unspecified atom stereocenters. The fourth-order valence-corrected chi connectivity index (χ4v) is 2.88. The SMILES string of the molecule is O=S(=O)(O)C[C@@H]1CCOc2ccccc2C1. The molecule has 1 heterocycles. The topological polar surface area (TPSA) is 63.6 Å². The smallest absolute Gasteiger partial charge is 0.265 e. The first-order valence-corrected chi connectivity index (χ1v) is 6.81. The molecule has 1 aromatic carbocycles. The highest BCUT2D eigenvalue weighted by atomic mass is 32.2. The van der Waals surface area contributed by atoms with Crippen molar-refractivity contribution >= 4 is 10.1 Å². The van der Waals surface area contributed by atoms with Crippen molar-refractivity contribution in [3.05, 3.63) is 29.8 Å². The summed E-state index contributed by atoms with van der Waals surface area (Å²) in [7, 11) is -3.90. The molecule has 2 rings (SSSR count). The molecule has 1 atom stereocenters. The molecule has 16 heavy (non-hydrogen) atoms. The van der Waals surface area contributed by atoms with Gasteiger partial charge < -0.3 is 4.74 Å². The van der Waals surface area contributed by atoms with Crippen LogP contribution >= 0.6 is 0 Å². The molecule has 0 saturated carbocycles. The Labute approximate surface area is 95.0 Å². The zero-order valence-electron chi connectivity index (χ0n) is 8.80. The number of benzene rings is 1. The van der Waals surface area contributed by atoms with E-state index >= 15 is 0 Å². The van der Waals surface area contributed by atoms with Gasteiger partial charge in [-0.05, 0) is 30.4 Å². The van der Waals surface area contributed by atoms with Crippen molar-refractivity contribution in [1.82, 2.24) is 0 Å². The Morgan fingerprint density at radius 1 is 1.38 bits per heavy atom. The van der Waals surface area contributed by atoms with Crippen LogP contribution in [0.5, 0.6) is 5.75 Å². The molecule has 1 N–H and O–H groups in total. The van der Waals surface area contributed by atoms with E-state index in [1.54, 1.807) is 0 Å². The van der Waals surface area contributed by atoms with Crippen molar-refractivity contribution in [3.63, 3.8) is 0 Å². The first-order chi connectivity index (χ1) is 7.54. The van der Waals surface area contributed by atoms with Gasteiger partial charge in [-0.2, -0.15) is 8.42 Å². The molecule has 1 aliphatic heterocycles. The van der Waals surface area contributed by atoms with Crippen molar-refractivity contribution in [2.75, 3.05) is 12.4 Å². The summed E-state index contributed by atoms with van der Waals surface area (Å²) in [5.41, 5.74) is 1.01. The predicted molar refractivity (Wildman–Crippen MR) is 60.2 cm³/mol. The second-order valence-corrected chi connectivity index (χ2v) is 5.56. The Bertz CT molecular complexity index is 467. The summed E-state index contributed by atoms with van der Waals surface area (Å²) in [6, 6.07) is 7.60. The van der Waals surface area contributed by atoms with Gasteiger partial charge in [0.1, 0.15) is 5.75 Å². The Morgan fingerprint density at radius 3 is 2.88 bits per heavy atom. The lowest BCUT2D eigenvalue weighted by Gasteiger charge is -2.10. The standard InChI is InChI=1S/C11H14O4S/c12-16(13,14)8-9-5-6-15-11-4-2-1-3-10(11)7-9/h1-4,9H,5-8H2,(H,12,13,14)/t9-/m1/s1. The van der Waals surface area contributed by atoms with Gasteiger partial charge in [-0.15, -0.1) is 0 Å². The van der Waals surface area contributed by atoms with Crippen molar-refractivity contribution in [2.45, 2.75) is 12.8 Å². The van der Waals surface area contributed by atoms with Crippen molar-refractivity contribution in [3.8, 4) is 5.75 Å². The van der Waals surface area contributed by atoms with Crippen molar-refractivity contribution in [1.29, 1.82) is 0 Å². The third-order valence-electron chi connectivity index (χ3n) is 2.71. The number of hydrogen-bond donors (Lipinski definition) is 1. The minimum absolute atomic E-state index is 0.0707. The molecule has 0 spiro atoms. The molecule has 0 aliphatic carbocycles. The minimum atomic E-state index is -3.90. The quantitative estimate of drug-likeness (QED) is 0.798. The van der Waals surface area contributed by atoms with Gasteiger partial charge in [0.15, 0.2) is 0 Å². The van der Waals surface area contributed by atoms with E-state index in [9.17, 15) is 8.42 Å². The molecule has 0 aromatic heterocycles. The van der Waals surface area contributed by atoms with Crippen LogP contribution in [0, 0.1) is 5.92 Å². The van der Waals surface area contributed by atoms with E-state index in [0.717, 1.165) is 11.3 Å². The third kappa shape index (κ3) is 2.96. The van der Waals surface area contributed by atoms with Crippen LogP contribution in [0.4, 0.5) is 0 Å². The molecular formula is C11H14O4S. The average Bonchev–Trinajstić information content (AvgIpc) is 2.36. The molecule has 0 bridgehead atoms. The maximum Gasteiger partial charge on any atom is 0.265 e. The van der Waals surface area contributed by atoms with Crippen LogP contribution in [0.2, 0.25) is 0 Å². The Morgan fingerprint density at radius 2 is 2.12 bits per heavy atom. The number of fused-ring (bicyclic) bond motifs is 1. The van der Waals surface area contributed by atoms with Crippen LogP contribution in [0.3, 0.4) is 0 Å². The molecular weight excluding hydrogens is 228 g/mol. The van der Waals surface area contributed by atoms with E-state index in [2.05, 4.69) is 0 Å². The van der Waals surface area contributed by atoms with Crippen LogP contribution < -0.4 is 4.74 Å². The lowest BCUT2D eigenvalue weighted by atomic mass is 9.99. The highest BCUT2D eigenvalue weighted by Crippen LogP contribution is 2.27. The molecule has 88 valence electrons. The molecule has 1 aromatic rings. The fourth-order valence-electron chi connectivity index (χ4n) is 2.00. The summed E-state index contributed by atoms with van der Waals surface area (Å²) in [4.78, 5) is 0. The van der Waals surface area contributed by atoms with Gasteiger partial charge in [-0.3, -0.25) is 4.55 Å². The summed E-state index contributed by atoms with van der Waals surface area (Å²) in [5, 5.41) is 0. The second kappa shape index (κ2) is 4.43. The molecule has 0 radical (unpaired) electrons. The first kappa shape index (κ1) is 11.4. The zero-order chi connectivity index (χ0) is 11.6.